The van der Waals surface area contributed by atoms with E-state index in [9.17, 15) is 0 Å². The first-order valence-corrected chi connectivity index (χ1v) is 8.06. The molecule has 1 spiro atoms. The van der Waals surface area contributed by atoms with Crippen LogP contribution in [0.5, 0.6) is 0 Å². The zero-order valence-electron chi connectivity index (χ0n) is 12.4. The van der Waals surface area contributed by atoms with Crippen LogP contribution in [0.4, 0.5) is 0 Å². The van der Waals surface area contributed by atoms with E-state index < -0.39 is 0 Å². The molecular formula is C15H28ClNO2. The molecule has 19 heavy (non-hydrogen) atoms. The van der Waals surface area contributed by atoms with E-state index in [1.807, 2.05) is 0 Å². The fourth-order valence-electron chi connectivity index (χ4n) is 3.58. The zero-order valence-corrected chi connectivity index (χ0v) is 13.1. The molecule has 3 nitrogen and oxygen atoms in total. The van der Waals surface area contributed by atoms with Crippen LogP contribution in [0, 0.1) is 0 Å². The van der Waals surface area contributed by atoms with Crippen LogP contribution >= 0.6 is 11.6 Å². The number of likely N-dealkylation sites (N-methyl/N-ethyl adjacent to an activating group) is 1. The van der Waals surface area contributed by atoms with E-state index in [2.05, 4.69) is 11.9 Å². The van der Waals surface area contributed by atoms with Crippen LogP contribution in [0.2, 0.25) is 0 Å². The minimum atomic E-state index is 0.0695. The van der Waals surface area contributed by atoms with Gasteiger partial charge >= 0.3 is 0 Å². The van der Waals surface area contributed by atoms with Crippen molar-refractivity contribution in [1.82, 2.24) is 4.90 Å². The van der Waals surface area contributed by atoms with Gasteiger partial charge in [-0.3, -0.25) is 0 Å². The number of hydrogen-bond donors (Lipinski definition) is 0. The molecule has 1 saturated heterocycles. The smallest absolute Gasteiger partial charge is 0.0710 e. The number of methoxy groups -OCH3 is 1. The van der Waals surface area contributed by atoms with Gasteiger partial charge in [-0.05, 0) is 32.7 Å². The van der Waals surface area contributed by atoms with Gasteiger partial charge in [0.15, 0.2) is 0 Å². The third-order valence-corrected chi connectivity index (χ3v) is 4.74. The Balaban J connectivity index is 1.72. The summed E-state index contributed by atoms with van der Waals surface area (Å²) < 4.78 is 11.5. The SMILES string of the molecule is COCC(Cl)CN(C)CC1CCC2(CCCCC2)O1. The van der Waals surface area contributed by atoms with Crippen molar-refractivity contribution < 1.29 is 9.47 Å². The molecule has 0 bridgehead atoms. The van der Waals surface area contributed by atoms with Crippen LogP contribution < -0.4 is 0 Å². The number of alkyl halides is 1. The largest absolute Gasteiger partial charge is 0.383 e. The van der Waals surface area contributed by atoms with Gasteiger partial charge in [0, 0.05) is 20.2 Å². The second kappa shape index (κ2) is 7.26. The number of rotatable bonds is 6. The van der Waals surface area contributed by atoms with Gasteiger partial charge in [-0.2, -0.15) is 0 Å². The molecule has 2 rings (SSSR count). The van der Waals surface area contributed by atoms with Crippen LogP contribution in [-0.2, 0) is 9.47 Å². The van der Waals surface area contributed by atoms with E-state index in [-0.39, 0.29) is 11.0 Å². The summed E-state index contributed by atoms with van der Waals surface area (Å²) in [5, 5.41) is 0.0695. The van der Waals surface area contributed by atoms with Crippen molar-refractivity contribution in [2.75, 3.05) is 33.9 Å². The highest BCUT2D eigenvalue weighted by atomic mass is 35.5. The van der Waals surface area contributed by atoms with Crippen molar-refractivity contribution >= 4 is 11.6 Å². The molecule has 1 heterocycles. The minimum absolute atomic E-state index is 0.0695. The number of hydrogen-bond acceptors (Lipinski definition) is 3. The fraction of sp³-hybridized carbons (Fsp3) is 1.00. The van der Waals surface area contributed by atoms with Gasteiger partial charge in [0.2, 0.25) is 0 Å². The van der Waals surface area contributed by atoms with Crippen molar-refractivity contribution in [3.63, 3.8) is 0 Å². The summed E-state index contributed by atoms with van der Waals surface area (Å²) in [6, 6.07) is 0. The van der Waals surface area contributed by atoms with E-state index in [4.69, 9.17) is 21.1 Å². The molecule has 0 N–H and O–H groups in total. The maximum atomic E-state index is 6.39. The van der Waals surface area contributed by atoms with Gasteiger partial charge in [0.05, 0.1) is 23.7 Å². The van der Waals surface area contributed by atoms with E-state index in [0.29, 0.717) is 12.7 Å². The Bertz CT molecular complexity index is 269. The van der Waals surface area contributed by atoms with E-state index in [0.717, 1.165) is 13.1 Å². The molecule has 1 saturated carbocycles. The van der Waals surface area contributed by atoms with Gasteiger partial charge in [-0.1, -0.05) is 19.3 Å². The highest BCUT2D eigenvalue weighted by Gasteiger charge is 2.40. The Morgan fingerprint density at radius 3 is 2.74 bits per heavy atom. The molecule has 112 valence electrons. The molecule has 2 aliphatic rings. The first kappa shape index (κ1) is 15.6. The molecule has 4 heteroatoms. The average Bonchev–Trinajstić information content (AvgIpc) is 2.73. The van der Waals surface area contributed by atoms with Crippen LogP contribution in [0.3, 0.4) is 0 Å². The lowest BCUT2D eigenvalue weighted by Gasteiger charge is -2.34. The standard InChI is InChI=1S/C15H28ClNO2/c1-17(10-13(16)12-18-2)11-14-6-9-15(19-14)7-4-3-5-8-15/h13-14H,3-12H2,1-2H3. The summed E-state index contributed by atoms with van der Waals surface area (Å²) in [6.45, 7) is 2.47. The molecule has 2 atom stereocenters. The molecular weight excluding hydrogens is 262 g/mol. The van der Waals surface area contributed by atoms with Gasteiger partial charge in [-0.15, -0.1) is 11.6 Å². The topological polar surface area (TPSA) is 21.7 Å². The summed E-state index contributed by atoms with van der Waals surface area (Å²) >= 11 is 6.20. The fourth-order valence-corrected chi connectivity index (χ4v) is 3.94. The minimum Gasteiger partial charge on any atom is -0.383 e. The quantitative estimate of drug-likeness (QED) is 0.702. The lowest BCUT2D eigenvalue weighted by Crippen LogP contribution is -2.37. The van der Waals surface area contributed by atoms with E-state index in [1.54, 1.807) is 7.11 Å². The van der Waals surface area contributed by atoms with Gasteiger partial charge in [0.1, 0.15) is 0 Å². The van der Waals surface area contributed by atoms with Crippen LogP contribution in [0.25, 0.3) is 0 Å². The molecule has 2 unspecified atom stereocenters. The van der Waals surface area contributed by atoms with Crippen LogP contribution in [0.1, 0.15) is 44.9 Å². The second-order valence-corrected chi connectivity index (χ2v) is 6.91. The number of ether oxygens (including phenoxy) is 2. The highest BCUT2D eigenvalue weighted by molar-refractivity contribution is 6.20. The Labute approximate surface area is 122 Å². The van der Waals surface area contributed by atoms with E-state index >= 15 is 0 Å². The molecule has 0 amide bonds. The Morgan fingerprint density at radius 2 is 2.05 bits per heavy atom. The Morgan fingerprint density at radius 1 is 1.32 bits per heavy atom. The molecule has 0 aromatic rings. The first-order valence-electron chi connectivity index (χ1n) is 7.63. The summed E-state index contributed by atoms with van der Waals surface area (Å²) in [6.07, 6.45) is 9.50. The van der Waals surface area contributed by atoms with Crippen molar-refractivity contribution in [2.45, 2.75) is 62.0 Å². The lowest BCUT2D eigenvalue weighted by molar-refractivity contribution is -0.0703. The zero-order chi connectivity index (χ0) is 13.7. The number of halogens is 1. The maximum Gasteiger partial charge on any atom is 0.0710 e. The lowest BCUT2D eigenvalue weighted by atomic mass is 9.83. The molecule has 1 aliphatic heterocycles. The predicted molar refractivity (Wildman–Crippen MR) is 78.9 cm³/mol. The van der Waals surface area contributed by atoms with Gasteiger partial charge in [0.25, 0.3) is 0 Å². The monoisotopic (exact) mass is 289 g/mol. The molecule has 0 aromatic carbocycles. The third kappa shape index (κ3) is 4.59. The molecule has 0 radical (unpaired) electrons. The second-order valence-electron chi connectivity index (χ2n) is 6.30. The van der Waals surface area contributed by atoms with Crippen LogP contribution in [-0.4, -0.2) is 55.8 Å². The van der Waals surface area contributed by atoms with Crippen LogP contribution in [0.15, 0.2) is 0 Å². The highest BCUT2D eigenvalue weighted by Crippen LogP contribution is 2.41. The maximum absolute atomic E-state index is 6.39. The molecule has 0 aromatic heterocycles. The van der Waals surface area contributed by atoms with Crippen molar-refractivity contribution in [1.29, 1.82) is 0 Å². The molecule has 1 aliphatic carbocycles. The van der Waals surface area contributed by atoms with Crippen molar-refractivity contribution in [3.05, 3.63) is 0 Å². The van der Waals surface area contributed by atoms with Gasteiger partial charge in [-0.25, -0.2) is 0 Å². The Hall–Kier alpha value is 0.170. The average molecular weight is 290 g/mol. The van der Waals surface area contributed by atoms with Crippen molar-refractivity contribution in [3.8, 4) is 0 Å². The van der Waals surface area contributed by atoms with E-state index in [1.165, 1.54) is 44.9 Å². The summed E-state index contributed by atoms with van der Waals surface area (Å²) in [7, 11) is 3.82. The summed E-state index contributed by atoms with van der Waals surface area (Å²) in [5.41, 5.74) is 0.233. The first-order chi connectivity index (χ1) is 9.13. The third-order valence-electron chi connectivity index (χ3n) is 4.48. The van der Waals surface area contributed by atoms with Gasteiger partial charge < -0.3 is 14.4 Å². The van der Waals surface area contributed by atoms with Crippen molar-refractivity contribution in [2.24, 2.45) is 0 Å². The summed E-state index contributed by atoms with van der Waals surface area (Å²) in [5.74, 6) is 0. The predicted octanol–water partition coefficient (Wildman–Crippen LogP) is 3.05. The summed E-state index contributed by atoms with van der Waals surface area (Å²) in [4.78, 5) is 2.28. The normalized spacial score (nSPS) is 28.1. The molecule has 2 fully saturated rings. The Kier molecular flexibility index (Phi) is 5.94. The number of nitrogens with zero attached hydrogens (tertiary/aromatic N) is 1.